The van der Waals surface area contributed by atoms with Crippen LogP contribution in [0.15, 0.2) is 0 Å². The van der Waals surface area contributed by atoms with Gasteiger partial charge in [-0.05, 0) is 0 Å². The number of nitrogens with one attached hydrogen (secondary N) is 1. The Bertz CT molecular complexity index is 551. The van der Waals surface area contributed by atoms with E-state index in [0.717, 1.165) is 6.92 Å². The first kappa shape index (κ1) is 21.9. The van der Waals surface area contributed by atoms with Crippen molar-refractivity contribution in [1.82, 2.24) is 5.32 Å². The molecule has 0 aromatic heterocycles. The summed E-state index contributed by atoms with van der Waals surface area (Å²) < 4.78 is 19.5. The van der Waals surface area contributed by atoms with Crippen LogP contribution in [0.1, 0.15) is 13.3 Å². The molecule has 0 aliphatic carbocycles. The maximum atomic E-state index is 11.2. The van der Waals surface area contributed by atoms with Crippen LogP contribution in [0.4, 0.5) is 0 Å². The zero-order valence-corrected chi connectivity index (χ0v) is 13.8. The van der Waals surface area contributed by atoms with Gasteiger partial charge in [0.1, 0.15) is 18.3 Å². The predicted molar refractivity (Wildman–Crippen MR) is 75.7 cm³/mol. The fraction of sp³-hybridized carbons (Fsp3) is 0.818. The summed E-state index contributed by atoms with van der Waals surface area (Å²) in [6.07, 6.45) is -8.43. The van der Waals surface area contributed by atoms with Gasteiger partial charge in [-0.1, -0.05) is 0 Å². The van der Waals surface area contributed by atoms with Crippen molar-refractivity contribution in [3.8, 4) is 0 Å². The number of carboxylic acids is 1. The van der Waals surface area contributed by atoms with Crippen molar-refractivity contribution < 1.29 is 58.7 Å². The number of rotatable bonds is 7. The van der Waals surface area contributed by atoms with Crippen molar-refractivity contribution in [3.63, 3.8) is 0 Å². The molecule has 25 heavy (non-hydrogen) atoms. The van der Waals surface area contributed by atoms with Gasteiger partial charge in [-0.25, -0.2) is 9.36 Å². The summed E-state index contributed by atoms with van der Waals surface area (Å²) in [4.78, 5) is 39.5. The molecule has 0 spiro atoms. The fourth-order valence-corrected chi connectivity index (χ4v) is 2.65. The molecule has 1 unspecified atom stereocenters. The Morgan fingerprint density at radius 2 is 1.96 bits per heavy atom. The second-order valence-electron chi connectivity index (χ2n) is 5.51. The lowest BCUT2D eigenvalue weighted by atomic mass is 9.88. The number of phosphoric acid groups is 1. The highest BCUT2D eigenvalue weighted by Crippen LogP contribution is 2.36. The Morgan fingerprint density at radius 3 is 2.40 bits per heavy atom. The molecule has 0 radical (unpaired) electrons. The lowest BCUT2D eigenvalue weighted by Gasteiger charge is -2.44. The molecule has 1 aliphatic heterocycles. The molecular formula is C11H20NO12P. The second kappa shape index (κ2) is 8.03. The van der Waals surface area contributed by atoms with Crippen molar-refractivity contribution >= 4 is 19.7 Å². The van der Waals surface area contributed by atoms with Gasteiger partial charge in [-0.2, -0.15) is 0 Å². The third-order valence-corrected chi connectivity index (χ3v) is 3.92. The molecule has 6 atom stereocenters. The first-order valence-corrected chi connectivity index (χ1v) is 8.45. The number of ether oxygens (including phenoxy) is 1. The largest absolute Gasteiger partial charge is 0.477 e. The lowest BCUT2D eigenvalue weighted by molar-refractivity contribution is -0.294. The van der Waals surface area contributed by atoms with Crippen LogP contribution in [0.25, 0.3) is 0 Å². The van der Waals surface area contributed by atoms with E-state index >= 15 is 0 Å². The summed E-state index contributed by atoms with van der Waals surface area (Å²) in [5, 5.41) is 50.9. The van der Waals surface area contributed by atoms with Gasteiger partial charge in [0.05, 0.1) is 18.8 Å². The number of hydrogen-bond donors (Lipinski definition) is 8. The zero-order chi connectivity index (χ0) is 19.6. The van der Waals surface area contributed by atoms with Crippen LogP contribution in [0.2, 0.25) is 0 Å². The first-order chi connectivity index (χ1) is 11.3. The predicted octanol–water partition coefficient (Wildman–Crippen LogP) is -3.75. The molecular weight excluding hydrogens is 369 g/mol. The van der Waals surface area contributed by atoms with Gasteiger partial charge in [-0.3, -0.25) is 9.32 Å². The SMILES string of the molecule is CC(=O)N[C@H]1[C@H]([C@H](O)[C@H](O)COP(=O)(O)O)OC(O)(C(=O)O)C[C@@H]1O. The minimum absolute atomic E-state index is 0.688. The average molecular weight is 389 g/mol. The number of amides is 1. The summed E-state index contributed by atoms with van der Waals surface area (Å²) in [7, 11) is -4.97. The molecule has 13 nitrogen and oxygen atoms in total. The molecule has 0 aromatic rings. The van der Waals surface area contributed by atoms with E-state index in [9.17, 15) is 34.6 Å². The highest BCUT2D eigenvalue weighted by atomic mass is 31.2. The molecule has 0 saturated carbocycles. The van der Waals surface area contributed by atoms with Crippen LogP contribution < -0.4 is 5.32 Å². The van der Waals surface area contributed by atoms with E-state index in [0.29, 0.717) is 0 Å². The number of carbonyl (C=O) groups is 2. The first-order valence-electron chi connectivity index (χ1n) is 6.92. The Kier molecular flexibility index (Phi) is 7.03. The summed E-state index contributed by atoms with van der Waals surface area (Å²) in [5.41, 5.74) is 0. The highest BCUT2D eigenvalue weighted by Gasteiger charge is 2.54. The molecule has 1 fully saturated rings. The Labute approximate surface area is 141 Å². The number of carbonyl (C=O) groups excluding carboxylic acids is 1. The average Bonchev–Trinajstić information content (AvgIpc) is 2.45. The minimum atomic E-state index is -4.97. The van der Waals surface area contributed by atoms with Gasteiger partial charge < -0.3 is 45.4 Å². The van der Waals surface area contributed by atoms with Crippen molar-refractivity contribution in [2.45, 2.75) is 49.6 Å². The van der Waals surface area contributed by atoms with Crippen LogP contribution in [0.3, 0.4) is 0 Å². The molecule has 8 N–H and O–H groups in total. The summed E-state index contributed by atoms with van der Waals surface area (Å²) in [6.45, 7) is -0.0127. The monoisotopic (exact) mass is 389 g/mol. The molecule has 1 aliphatic rings. The number of aliphatic carboxylic acids is 1. The molecule has 0 aromatic carbocycles. The number of aliphatic hydroxyl groups excluding tert-OH is 3. The normalized spacial score (nSPS) is 32.7. The minimum Gasteiger partial charge on any atom is -0.477 e. The molecule has 146 valence electrons. The van der Waals surface area contributed by atoms with Crippen LogP contribution >= 0.6 is 7.82 Å². The topological polar surface area (TPSA) is 223 Å². The van der Waals surface area contributed by atoms with E-state index in [2.05, 4.69) is 9.84 Å². The molecule has 1 saturated heterocycles. The summed E-state index contributed by atoms with van der Waals surface area (Å²) in [6, 6.07) is -1.42. The quantitative estimate of drug-likeness (QED) is 0.197. The molecule has 14 heteroatoms. The summed E-state index contributed by atoms with van der Waals surface area (Å²) in [5.74, 6) is -5.48. The molecule has 1 heterocycles. The smallest absolute Gasteiger partial charge is 0.469 e. The second-order valence-corrected chi connectivity index (χ2v) is 6.75. The Morgan fingerprint density at radius 1 is 1.40 bits per heavy atom. The van der Waals surface area contributed by atoms with Crippen LogP contribution in [0, 0.1) is 0 Å². The van der Waals surface area contributed by atoms with E-state index in [1.807, 2.05) is 0 Å². The van der Waals surface area contributed by atoms with Crippen LogP contribution in [0.5, 0.6) is 0 Å². The van der Waals surface area contributed by atoms with E-state index in [1.165, 1.54) is 0 Å². The molecule has 1 rings (SSSR count). The fourth-order valence-electron chi connectivity index (χ4n) is 2.30. The van der Waals surface area contributed by atoms with Crippen molar-refractivity contribution in [2.24, 2.45) is 0 Å². The number of aliphatic hydroxyl groups is 4. The maximum absolute atomic E-state index is 11.2. The van der Waals surface area contributed by atoms with E-state index in [1.54, 1.807) is 0 Å². The van der Waals surface area contributed by atoms with Crippen LogP contribution in [-0.2, 0) is 23.4 Å². The zero-order valence-electron chi connectivity index (χ0n) is 12.9. The third-order valence-electron chi connectivity index (χ3n) is 3.43. The lowest BCUT2D eigenvalue weighted by Crippen LogP contribution is -2.67. The van der Waals surface area contributed by atoms with Gasteiger partial charge in [-0.15, -0.1) is 0 Å². The van der Waals surface area contributed by atoms with Crippen LogP contribution in [-0.4, -0.2) is 90.0 Å². The highest BCUT2D eigenvalue weighted by molar-refractivity contribution is 7.46. The number of hydrogen-bond acceptors (Lipinski definition) is 9. The molecule has 0 bridgehead atoms. The summed E-state index contributed by atoms with van der Waals surface area (Å²) >= 11 is 0. The van der Waals surface area contributed by atoms with Gasteiger partial charge in [0.15, 0.2) is 0 Å². The number of phosphoric ester groups is 1. The van der Waals surface area contributed by atoms with E-state index < -0.39 is 69.0 Å². The number of carboxylic acid groups (broad SMARTS) is 1. The third kappa shape index (κ3) is 5.95. The van der Waals surface area contributed by atoms with E-state index in [4.69, 9.17) is 19.6 Å². The van der Waals surface area contributed by atoms with Gasteiger partial charge >= 0.3 is 13.8 Å². The van der Waals surface area contributed by atoms with Gasteiger partial charge in [0.25, 0.3) is 5.79 Å². The van der Waals surface area contributed by atoms with Crippen molar-refractivity contribution in [3.05, 3.63) is 0 Å². The maximum Gasteiger partial charge on any atom is 0.469 e. The van der Waals surface area contributed by atoms with E-state index in [-0.39, 0.29) is 0 Å². The Balaban J connectivity index is 3.02. The van der Waals surface area contributed by atoms with Gasteiger partial charge in [0.2, 0.25) is 5.91 Å². The standard InChI is InChI=1S/C11H20NO12P/c1-4(13)12-7-5(14)2-11(19,10(17)18)24-9(7)8(16)6(15)3-23-25(20,21)22/h5-9,14-16,19H,2-3H2,1H3,(H,12,13)(H,17,18)(H2,20,21,22)/t5-,6+,7+,8+,9+,11?/m0/s1. The van der Waals surface area contributed by atoms with Crippen molar-refractivity contribution in [2.75, 3.05) is 6.61 Å². The Hall–Kier alpha value is -1.15. The molecule has 1 amide bonds. The van der Waals surface area contributed by atoms with Crippen molar-refractivity contribution in [1.29, 1.82) is 0 Å². The van der Waals surface area contributed by atoms with Gasteiger partial charge in [0, 0.05) is 13.3 Å².